The van der Waals surface area contributed by atoms with Crippen molar-refractivity contribution < 1.29 is 0 Å². The van der Waals surface area contributed by atoms with E-state index in [4.69, 9.17) is 0 Å². The molecule has 0 aromatic carbocycles. The fraction of sp³-hybridized carbons (Fsp3) is 0.727. The Morgan fingerprint density at radius 1 is 1.53 bits per heavy atom. The van der Waals surface area contributed by atoms with Gasteiger partial charge in [0.1, 0.15) is 5.82 Å². The van der Waals surface area contributed by atoms with Crippen molar-refractivity contribution in [3.8, 4) is 0 Å². The van der Waals surface area contributed by atoms with E-state index in [1.54, 1.807) is 0 Å². The predicted molar refractivity (Wildman–Crippen MR) is 65.8 cm³/mol. The van der Waals surface area contributed by atoms with Crippen LogP contribution in [0.5, 0.6) is 0 Å². The van der Waals surface area contributed by atoms with Gasteiger partial charge in [-0.3, -0.25) is 4.68 Å². The quantitative estimate of drug-likeness (QED) is 0.787. The van der Waals surface area contributed by atoms with Crippen molar-refractivity contribution in [1.29, 1.82) is 0 Å². The SMILES string of the molecule is CCCCNc1cc(C2CC2)nn1C.Cl. The van der Waals surface area contributed by atoms with Crippen LogP contribution in [0.15, 0.2) is 6.07 Å². The fourth-order valence-electron chi connectivity index (χ4n) is 1.63. The third-order valence-corrected chi connectivity index (χ3v) is 2.73. The lowest BCUT2D eigenvalue weighted by atomic mass is 10.3. The largest absolute Gasteiger partial charge is 0.370 e. The number of nitrogens with zero attached hydrogens (tertiary/aromatic N) is 2. The van der Waals surface area contributed by atoms with E-state index in [-0.39, 0.29) is 12.4 Å². The van der Waals surface area contributed by atoms with Crippen molar-refractivity contribution in [2.24, 2.45) is 7.05 Å². The van der Waals surface area contributed by atoms with Crippen LogP contribution in [0.1, 0.15) is 44.2 Å². The Morgan fingerprint density at radius 2 is 2.27 bits per heavy atom. The molecule has 0 saturated heterocycles. The first-order valence-corrected chi connectivity index (χ1v) is 5.59. The van der Waals surface area contributed by atoms with E-state index in [1.165, 1.54) is 37.2 Å². The van der Waals surface area contributed by atoms with Crippen LogP contribution < -0.4 is 5.32 Å². The van der Waals surface area contributed by atoms with E-state index in [1.807, 2.05) is 11.7 Å². The van der Waals surface area contributed by atoms with Gasteiger partial charge in [0, 0.05) is 25.6 Å². The minimum atomic E-state index is 0. The molecule has 3 nitrogen and oxygen atoms in total. The summed E-state index contributed by atoms with van der Waals surface area (Å²) in [6.07, 6.45) is 5.11. The molecule has 15 heavy (non-hydrogen) atoms. The molecule has 0 aliphatic heterocycles. The normalized spacial score (nSPS) is 14.8. The second kappa shape index (κ2) is 5.40. The molecule has 2 rings (SSSR count). The third kappa shape index (κ3) is 3.13. The highest BCUT2D eigenvalue weighted by Crippen LogP contribution is 2.39. The van der Waals surface area contributed by atoms with Gasteiger partial charge in [-0.15, -0.1) is 12.4 Å². The smallest absolute Gasteiger partial charge is 0.124 e. The topological polar surface area (TPSA) is 29.9 Å². The lowest BCUT2D eigenvalue weighted by Gasteiger charge is -2.03. The number of rotatable bonds is 5. The maximum Gasteiger partial charge on any atom is 0.124 e. The summed E-state index contributed by atoms with van der Waals surface area (Å²) in [5.41, 5.74) is 1.27. The molecular weight excluding hydrogens is 210 g/mol. The van der Waals surface area contributed by atoms with Crippen LogP contribution in [0.2, 0.25) is 0 Å². The van der Waals surface area contributed by atoms with Gasteiger partial charge >= 0.3 is 0 Å². The highest BCUT2D eigenvalue weighted by Gasteiger charge is 2.26. The van der Waals surface area contributed by atoms with Crippen LogP contribution in [-0.4, -0.2) is 16.3 Å². The van der Waals surface area contributed by atoms with Gasteiger partial charge in [-0.25, -0.2) is 0 Å². The maximum atomic E-state index is 4.51. The molecule has 0 unspecified atom stereocenters. The molecular formula is C11H20ClN3. The fourth-order valence-corrected chi connectivity index (χ4v) is 1.63. The van der Waals surface area contributed by atoms with E-state index >= 15 is 0 Å². The number of hydrogen-bond acceptors (Lipinski definition) is 2. The van der Waals surface area contributed by atoms with Crippen molar-refractivity contribution in [3.05, 3.63) is 11.8 Å². The van der Waals surface area contributed by atoms with E-state index in [2.05, 4.69) is 23.4 Å². The Kier molecular flexibility index (Phi) is 4.45. The van der Waals surface area contributed by atoms with Crippen LogP contribution >= 0.6 is 12.4 Å². The van der Waals surface area contributed by atoms with Gasteiger partial charge in [-0.2, -0.15) is 5.10 Å². The average Bonchev–Trinajstić information content (AvgIpc) is 2.94. The summed E-state index contributed by atoms with van der Waals surface area (Å²) in [7, 11) is 2.01. The number of unbranched alkanes of at least 4 members (excludes halogenated alkanes) is 1. The van der Waals surface area contributed by atoms with Crippen LogP contribution in [0.4, 0.5) is 5.82 Å². The zero-order valence-corrected chi connectivity index (χ0v) is 10.3. The maximum absolute atomic E-state index is 4.51. The molecule has 0 radical (unpaired) electrons. The summed E-state index contributed by atoms with van der Waals surface area (Å²) in [5, 5.41) is 7.92. The van der Waals surface area contributed by atoms with E-state index in [9.17, 15) is 0 Å². The molecule has 0 spiro atoms. The van der Waals surface area contributed by atoms with E-state index < -0.39 is 0 Å². The highest BCUT2D eigenvalue weighted by atomic mass is 35.5. The second-order valence-electron chi connectivity index (χ2n) is 4.13. The number of anilines is 1. The molecule has 4 heteroatoms. The number of nitrogens with one attached hydrogen (secondary N) is 1. The Morgan fingerprint density at radius 3 is 2.87 bits per heavy atom. The van der Waals surface area contributed by atoms with Gasteiger partial charge in [-0.05, 0) is 19.3 Å². The summed E-state index contributed by atoms with van der Waals surface area (Å²) in [6, 6.07) is 2.20. The molecule has 1 saturated carbocycles. The second-order valence-corrected chi connectivity index (χ2v) is 4.13. The minimum absolute atomic E-state index is 0. The Bertz CT molecular complexity index is 305. The minimum Gasteiger partial charge on any atom is -0.370 e. The van der Waals surface area contributed by atoms with Gasteiger partial charge < -0.3 is 5.32 Å². The molecule has 1 aliphatic carbocycles. The molecule has 86 valence electrons. The number of halogens is 1. The Hall–Kier alpha value is -0.700. The summed E-state index contributed by atoms with van der Waals surface area (Å²) < 4.78 is 1.96. The van der Waals surface area contributed by atoms with Gasteiger partial charge in [0.25, 0.3) is 0 Å². The standard InChI is InChI=1S/C11H19N3.ClH/c1-3-4-7-12-11-8-10(9-5-6-9)13-14(11)2;/h8-9,12H,3-7H2,1-2H3;1H. The number of hydrogen-bond donors (Lipinski definition) is 1. The zero-order chi connectivity index (χ0) is 9.97. The van der Waals surface area contributed by atoms with Crippen LogP contribution in [0, 0.1) is 0 Å². The molecule has 1 aliphatic rings. The molecule has 1 aromatic heterocycles. The lowest BCUT2D eigenvalue weighted by Crippen LogP contribution is -2.05. The first kappa shape index (κ1) is 12.4. The molecule has 1 aromatic rings. The zero-order valence-electron chi connectivity index (χ0n) is 9.49. The molecule has 1 fully saturated rings. The number of aromatic nitrogens is 2. The van der Waals surface area contributed by atoms with Gasteiger partial charge in [-0.1, -0.05) is 13.3 Å². The van der Waals surface area contributed by atoms with Crippen molar-refractivity contribution >= 4 is 18.2 Å². The molecule has 0 amide bonds. The third-order valence-electron chi connectivity index (χ3n) is 2.73. The molecule has 1 N–H and O–H groups in total. The first-order valence-electron chi connectivity index (χ1n) is 5.59. The van der Waals surface area contributed by atoms with Crippen molar-refractivity contribution in [2.45, 2.75) is 38.5 Å². The van der Waals surface area contributed by atoms with Crippen LogP contribution in [-0.2, 0) is 7.05 Å². The molecule has 1 heterocycles. The number of aryl methyl sites for hydroxylation is 1. The predicted octanol–water partition coefficient (Wildman–Crippen LogP) is 2.93. The molecule has 0 bridgehead atoms. The van der Waals surface area contributed by atoms with Crippen molar-refractivity contribution in [1.82, 2.24) is 9.78 Å². The summed E-state index contributed by atoms with van der Waals surface area (Å²) in [5.74, 6) is 1.92. The highest BCUT2D eigenvalue weighted by molar-refractivity contribution is 5.85. The monoisotopic (exact) mass is 229 g/mol. The Balaban J connectivity index is 0.00000112. The van der Waals surface area contributed by atoms with Gasteiger partial charge in [0.2, 0.25) is 0 Å². The lowest BCUT2D eigenvalue weighted by molar-refractivity contribution is 0.738. The summed E-state index contributed by atoms with van der Waals surface area (Å²) >= 11 is 0. The summed E-state index contributed by atoms with van der Waals surface area (Å²) in [4.78, 5) is 0. The summed E-state index contributed by atoms with van der Waals surface area (Å²) in [6.45, 7) is 3.26. The van der Waals surface area contributed by atoms with Gasteiger partial charge in [0.05, 0.1) is 5.69 Å². The molecule has 0 atom stereocenters. The average molecular weight is 230 g/mol. The van der Waals surface area contributed by atoms with Crippen molar-refractivity contribution in [2.75, 3.05) is 11.9 Å². The van der Waals surface area contributed by atoms with E-state index in [0.717, 1.165) is 12.5 Å². The van der Waals surface area contributed by atoms with Crippen molar-refractivity contribution in [3.63, 3.8) is 0 Å². The first-order chi connectivity index (χ1) is 6.81. The van der Waals surface area contributed by atoms with Crippen LogP contribution in [0.25, 0.3) is 0 Å². The van der Waals surface area contributed by atoms with Crippen LogP contribution in [0.3, 0.4) is 0 Å². The Labute approximate surface area is 97.7 Å². The van der Waals surface area contributed by atoms with E-state index in [0.29, 0.717) is 0 Å². The van der Waals surface area contributed by atoms with Gasteiger partial charge in [0.15, 0.2) is 0 Å².